The van der Waals surface area contributed by atoms with Crippen molar-refractivity contribution in [2.75, 3.05) is 24.7 Å². The third kappa shape index (κ3) is 21.8. The fraction of sp³-hybridized carbons (Fsp3) is 0.379. The molecule has 0 aromatic heterocycles. The highest BCUT2D eigenvalue weighted by atomic mass is 14.8. The highest BCUT2D eigenvalue weighted by Crippen LogP contribution is 2.02. The highest BCUT2D eigenvalue weighted by Gasteiger charge is 1.84. The fourth-order valence-electron chi connectivity index (χ4n) is 2.14. The van der Waals surface area contributed by atoms with E-state index in [1.54, 1.807) is 0 Å². The van der Waals surface area contributed by atoms with Gasteiger partial charge in [-0.1, -0.05) is 122 Å². The first kappa shape index (κ1) is 32.9. The van der Waals surface area contributed by atoms with Crippen LogP contribution in [0, 0.1) is 0 Å². The van der Waals surface area contributed by atoms with Gasteiger partial charge in [-0.25, -0.2) is 0 Å². The van der Waals surface area contributed by atoms with E-state index < -0.39 is 0 Å². The molecule has 0 unspecified atom stereocenters. The van der Waals surface area contributed by atoms with Crippen LogP contribution in [0.15, 0.2) is 91.0 Å². The molecule has 0 fully saturated rings. The molecule has 174 valence electrons. The molecular weight excluding hydrogens is 376 g/mol. The third-order valence-electron chi connectivity index (χ3n) is 3.51. The monoisotopic (exact) mass is 424 g/mol. The zero-order valence-electron chi connectivity index (χ0n) is 21.6. The van der Waals surface area contributed by atoms with E-state index in [2.05, 4.69) is 47.9 Å². The maximum absolute atomic E-state index is 3.03. The van der Waals surface area contributed by atoms with Gasteiger partial charge in [-0.2, -0.15) is 0 Å². The quantitative estimate of drug-likeness (QED) is 0.436. The van der Waals surface area contributed by atoms with E-state index >= 15 is 0 Å². The molecule has 2 nitrogen and oxygen atoms in total. The molecule has 31 heavy (non-hydrogen) atoms. The van der Waals surface area contributed by atoms with Crippen molar-refractivity contribution in [2.24, 2.45) is 0 Å². The number of aryl methyl sites for hydroxylation is 1. The topological polar surface area (TPSA) is 24.1 Å². The number of para-hydroxylation sites is 2. The smallest absolute Gasteiger partial charge is 0.0337 e. The van der Waals surface area contributed by atoms with Crippen molar-refractivity contribution in [1.82, 2.24) is 0 Å². The summed E-state index contributed by atoms with van der Waals surface area (Å²) in [5.41, 5.74) is 3.76. The fourth-order valence-corrected chi connectivity index (χ4v) is 2.14. The summed E-state index contributed by atoms with van der Waals surface area (Å²) in [7, 11) is 3.82. The minimum absolute atomic E-state index is 1.16. The predicted molar refractivity (Wildman–Crippen MR) is 146 cm³/mol. The lowest BCUT2D eigenvalue weighted by atomic mass is 10.1. The zero-order valence-corrected chi connectivity index (χ0v) is 21.6. The van der Waals surface area contributed by atoms with Crippen molar-refractivity contribution >= 4 is 11.4 Å². The minimum Gasteiger partial charge on any atom is -0.388 e. The summed E-state index contributed by atoms with van der Waals surface area (Å²) in [5.74, 6) is 0. The molecule has 0 saturated heterocycles. The van der Waals surface area contributed by atoms with Gasteiger partial charge in [0.2, 0.25) is 0 Å². The molecule has 0 aliphatic heterocycles. The van der Waals surface area contributed by atoms with Crippen LogP contribution in [0.25, 0.3) is 0 Å². The second-order valence-corrected chi connectivity index (χ2v) is 5.47. The first-order valence-electron chi connectivity index (χ1n) is 11.8. The van der Waals surface area contributed by atoms with Gasteiger partial charge in [0, 0.05) is 25.5 Å². The van der Waals surface area contributed by atoms with Gasteiger partial charge >= 0.3 is 0 Å². The molecule has 0 radical (unpaired) electrons. The Hall–Kier alpha value is -2.74. The Balaban J connectivity index is -0.000000338. The van der Waals surface area contributed by atoms with Crippen LogP contribution in [-0.4, -0.2) is 14.1 Å². The second-order valence-electron chi connectivity index (χ2n) is 5.47. The van der Waals surface area contributed by atoms with Crippen LogP contribution in [0.3, 0.4) is 0 Å². The highest BCUT2D eigenvalue weighted by molar-refractivity contribution is 5.41. The van der Waals surface area contributed by atoms with Crippen molar-refractivity contribution < 1.29 is 0 Å². The van der Waals surface area contributed by atoms with Crippen LogP contribution < -0.4 is 10.6 Å². The van der Waals surface area contributed by atoms with E-state index in [4.69, 9.17) is 0 Å². The van der Waals surface area contributed by atoms with Gasteiger partial charge in [0.15, 0.2) is 0 Å². The third-order valence-corrected chi connectivity index (χ3v) is 3.51. The normalized spacial score (nSPS) is 7.77. The van der Waals surface area contributed by atoms with E-state index in [0.717, 1.165) is 11.4 Å². The Bertz CT molecular complexity index is 598. The molecule has 0 bridgehead atoms. The predicted octanol–water partition coefficient (Wildman–Crippen LogP) is 9.17. The van der Waals surface area contributed by atoms with E-state index in [-0.39, 0.29) is 0 Å². The van der Waals surface area contributed by atoms with E-state index in [1.807, 2.05) is 116 Å². The van der Waals surface area contributed by atoms with Gasteiger partial charge in [-0.05, 0) is 36.2 Å². The average molecular weight is 425 g/mol. The second kappa shape index (κ2) is 29.5. The minimum atomic E-state index is 1.16. The molecule has 3 rings (SSSR count). The standard InChI is InChI=1S/C9H12.2C7H9N.3C2H6/c1-2-6-9-7-4-3-5-8-9;2*1-8-7-5-3-2-4-6-7;3*1-2/h3-5,7-8H,2,6H2,1H3;2*2-6,8H,1H3;3*1-2H3. The lowest BCUT2D eigenvalue weighted by Crippen LogP contribution is -1.84. The maximum atomic E-state index is 3.03. The van der Waals surface area contributed by atoms with Crippen LogP contribution >= 0.6 is 0 Å². The van der Waals surface area contributed by atoms with Gasteiger partial charge in [0.25, 0.3) is 0 Å². The number of hydrogen-bond donors (Lipinski definition) is 2. The molecule has 2 heteroatoms. The Morgan fingerprint density at radius 1 is 0.484 bits per heavy atom. The summed E-state index contributed by atoms with van der Waals surface area (Å²) in [5, 5.41) is 6.05. The molecule has 3 aromatic rings. The average Bonchev–Trinajstić information content (AvgIpc) is 2.90. The van der Waals surface area contributed by atoms with Crippen molar-refractivity contribution in [3.05, 3.63) is 96.6 Å². The molecule has 3 aromatic carbocycles. The van der Waals surface area contributed by atoms with Gasteiger partial charge in [0.05, 0.1) is 0 Å². The molecule has 0 heterocycles. The molecule has 0 spiro atoms. The maximum Gasteiger partial charge on any atom is 0.0337 e. The lowest BCUT2D eigenvalue weighted by Gasteiger charge is -1.94. The van der Waals surface area contributed by atoms with Crippen LogP contribution in [0.4, 0.5) is 11.4 Å². The number of hydrogen-bond acceptors (Lipinski definition) is 2. The van der Waals surface area contributed by atoms with Crippen LogP contribution in [0.1, 0.15) is 60.5 Å². The largest absolute Gasteiger partial charge is 0.388 e. The van der Waals surface area contributed by atoms with Gasteiger partial charge in [0.1, 0.15) is 0 Å². The SMILES string of the molecule is CC.CC.CC.CCCc1ccccc1.CNc1ccccc1.CNc1ccccc1. The Kier molecular flexibility index (Phi) is 31.3. The summed E-state index contributed by atoms with van der Waals surface area (Å²) in [4.78, 5) is 0. The van der Waals surface area contributed by atoms with E-state index in [0.29, 0.717) is 0 Å². The molecule has 0 saturated carbocycles. The first-order chi connectivity index (χ1) is 15.3. The molecule has 2 N–H and O–H groups in total. The molecular formula is C29H48N2. The van der Waals surface area contributed by atoms with Crippen molar-refractivity contribution in [3.8, 4) is 0 Å². The van der Waals surface area contributed by atoms with Crippen molar-refractivity contribution in [2.45, 2.75) is 61.3 Å². The molecule has 0 amide bonds. The Labute approximate surface area is 194 Å². The van der Waals surface area contributed by atoms with Crippen LogP contribution in [-0.2, 0) is 6.42 Å². The Morgan fingerprint density at radius 2 is 0.774 bits per heavy atom. The summed E-state index contributed by atoms with van der Waals surface area (Å²) < 4.78 is 0. The van der Waals surface area contributed by atoms with Gasteiger partial charge in [-0.3, -0.25) is 0 Å². The summed E-state index contributed by atoms with van der Waals surface area (Å²) in [6.07, 6.45) is 2.45. The first-order valence-corrected chi connectivity index (χ1v) is 11.8. The van der Waals surface area contributed by atoms with Crippen LogP contribution in [0.5, 0.6) is 0 Å². The Morgan fingerprint density at radius 3 is 1.00 bits per heavy atom. The summed E-state index contributed by atoms with van der Waals surface area (Å²) in [6, 6.07) is 30.7. The molecule has 0 aliphatic rings. The number of rotatable bonds is 4. The lowest BCUT2D eigenvalue weighted by molar-refractivity contribution is 0.922. The summed E-state index contributed by atoms with van der Waals surface area (Å²) in [6.45, 7) is 14.2. The number of benzene rings is 3. The number of nitrogens with one attached hydrogen (secondary N) is 2. The van der Waals surface area contributed by atoms with Crippen LogP contribution in [0.2, 0.25) is 0 Å². The summed E-state index contributed by atoms with van der Waals surface area (Å²) >= 11 is 0. The van der Waals surface area contributed by atoms with E-state index in [1.165, 1.54) is 18.4 Å². The zero-order chi connectivity index (χ0) is 24.2. The molecule has 0 aliphatic carbocycles. The van der Waals surface area contributed by atoms with Crippen molar-refractivity contribution in [1.29, 1.82) is 0 Å². The van der Waals surface area contributed by atoms with E-state index in [9.17, 15) is 0 Å². The van der Waals surface area contributed by atoms with Gasteiger partial charge in [-0.15, -0.1) is 0 Å². The number of anilines is 2. The molecule has 0 atom stereocenters. The van der Waals surface area contributed by atoms with Crippen molar-refractivity contribution in [3.63, 3.8) is 0 Å². The van der Waals surface area contributed by atoms with Gasteiger partial charge < -0.3 is 10.6 Å².